The summed E-state index contributed by atoms with van der Waals surface area (Å²) in [5, 5.41) is 72.4. The fraction of sp³-hybridized carbons (Fsp3) is 0.867. The van der Waals surface area contributed by atoms with E-state index in [0.29, 0.717) is 0 Å². The third-order valence-corrected chi connectivity index (χ3v) is 9.45. The van der Waals surface area contributed by atoms with Crippen molar-refractivity contribution in [2.24, 2.45) is 17.8 Å². The Morgan fingerprint density at radius 3 is 2.13 bits per heavy atom. The molecule has 2 aliphatic carbocycles. The van der Waals surface area contributed by atoms with Crippen LogP contribution in [0.1, 0.15) is 58.8 Å². The summed E-state index contributed by atoms with van der Waals surface area (Å²) < 4.78 is 34.3. The maximum Gasteiger partial charge on any atom is 0.406 e. The number of allylic oxidation sites excluding steroid dienone is 1. The molecule has 4 fully saturated rings. The van der Waals surface area contributed by atoms with Gasteiger partial charge in [0, 0.05) is 0 Å². The minimum absolute atomic E-state index is 0.000647. The molecule has 7 N–H and O–H groups in total. The van der Waals surface area contributed by atoms with Gasteiger partial charge in [-0.1, -0.05) is 26.2 Å². The van der Waals surface area contributed by atoms with Crippen molar-refractivity contribution < 1.29 is 78.8 Å². The fourth-order valence-corrected chi connectivity index (χ4v) is 6.79. The quantitative estimate of drug-likeness (QED) is 0.0493. The highest BCUT2D eigenvalue weighted by molar-refractivity contribution is 5.85. The van der Waals surface area contributed by atoms with Crippen LogP contribution in [0.3, 0.4) is 0 Å². The van der Waals surface area contributed by atoms with Crippen LogP contribution in [0.2, 0.25) is 0 Å². The third-order valence-electron chi connectivity index (χ3n) is 9.45. The standard InChI is InChI=1S/C30H48O16/c1-13-9-16(27(37)40-3)11-17(25(13)45-29-23(35)22(34)20(32)14(2)41-29)43-30-24(36)26(21(33)19(12-31)44-30)42-18(28(38)46-39)10-15-7-5-4-6-8-15/h10,13-17,19-26,29-36,39H,4-9,11-12H2,1-3H3/b18-10-. The molecule has 2 saturated heterocycles. The summed E-state index contributed by atoms with van der Waals surface area (Å²) in [5.41, 5.74) is 0. The first-order chi connectivity index (χ1) is 21.9. The van der Waals surface area contributed by atoms with Crippen LogP contribution in [0.25, 0.3) is 0 Å². The number of aliphatic hydroxyl groups excluding tert-OH is 6. The Bertz CT molecular complexity index is 1030. The van der Waals surface area contributed by atoms with Crippen LogP contribution in [-0.4, -0.2) is 135 Å². The second-order valence-corrected chi connectivity index (χ2v) is 12.7. The van der Waals surface area contributed by atoms with E-state index in [4.69, 9.17) is 33.7 Å². The van der Waals surface area contributed by atoms with Crippen molar-refractivity contribution in [3.8, 4) is 0 Å². The molecule has 0 amide bonds. The van der Waals surface area contributed by atoms with Gasteiger partial charge in [-0.05, 0) is 50.5 Å². The molecule has 0 aromatic rings. The van der Waals surface area contributed by atoms with E-state index < -0.39 is 110 Å². The predicted molar refractivity (Wildman–Crippen MR) is 152 cm³/mol. The average Bonchev–Trinajstić information content (AvgIpc) is 3.05. The Morgan fingerprint density at radius 2 is 1.50 bits per heavy atom. The molecular weight excluding hydrogens is 616 g/mol. The molecule has 264 valence electrons. The zero-order chi connectivity index (χ0) is 33.7. The smallest absolute Gasteiger partial charge is 0.406 e. The van der Waals surface area contributed by atoms with Crippen molar-refractivity contribution in [3.63, 3.8) is 0 Å². The van der Waals surface area contributed by atoms with Crippen molar-refractivity contribution in [2.45, 2.75) is 132 Å². The van der Waals surface area contributed by atoms with Crippen LogP contribution in [0, 0.1) is 17.8 Å². The van der Waals surface area contributed by atoms with Gasteiger partial charge >= 0.3 is 11.9 Å². The summed E-state index contributed by atoms with van der Waals surface area (Å²) in [6.07, 6.45) is -10.6. The van der Waals surface area contributed by atoms with Gasteiger partial charge in [0.05, 0.1) is 37.9 Å². The van der Waals surface area contributed by atoms with Crippen molar-refractivity contribution in [1.29, 1.82) is 0 Å². The summed E-state index contributed by atoms with van der Waals surface area (Å²) in [7, 11) is 1.24. The lowest BCUT2D eigenvalue weighted by Gasteiger charge is -2.47. The van der Waals surface area contributed by atoms with E-state index in [1.807, 2.05) is 0 Å². The molecule has 0 aromatic carbocycles. The Hall–Kier alpha value is -1.96. The zero-order valence-corrected chi connectivity index (χ0v) is 26.2. The zero-order valence-electron chi connectivity index (χ0n) is 26.2. The largest absolute Gasteiger partial charge is 0.477 e. The third kappa shape index (κ3) is 8.36. The lowest BCUT2D eigenvalue weighted by Crippen LogP contribution is -2.62. The monoisotopic (exact) mass is 664 g/mol. The molecule has 2 saturated carbocycles. The first-order valence-electron chi connectivity index (χ1n) is 15.8. The molecule has 0 radical (unpaired) electrons. The van der Waals surface area contributed by atoms with Gasteiger partial charge in [-0.3, -0.25) is 9.68 Å². The van der Waals surface area contributed by atoms with E-state index in [-0.39, 0.29) is 18.8 Å². The second-order valence-electron chi connectivity index (χ2n) is 12.7. The minimum Gasteiger partial charge on any atom is -0.477 e. The normalized spacial score (nSPS) is 42.7. The van der Waals surface area contributed by atoms with Gasteiger partial charge in [0.1, 0.15) is 36.6 Å². The van der Waals surface area contributed by atoms with Crippen LogP contribution in [-0.2, 0) is 42.9 Å². The summed E-state index contributed by atoms with van der Waals surface area (Å²) >= 11 is 0. The van der Waals surface area contributed by atoms with Crippen molar-refractivity contribution in [3.05, 3.63) is 11.8 Å². The molecule has 2 aliphatic heterocycles. The van der Waals surface area contributed by atoms with Gasteiger partial charge in [0.25, 0.3) is 0 Å². The fourth-order valence-electron chi connectivity index (χ4n) is 6.79. The van der Waals surface area contributed by atoms with Gasteiger partial charge in [0.2, 0.25) is 5.76 Å². The van der Waals surface area contributed by atoms with Gasteiger partial charge in [-0.15, -0.1) is 0 Å². The molecular formula is C30H48O16. The number of aliphatic hydroxyl groups is 6. The molecule has 4 rings (SSSR count). The number of carbonyl (C=O) groups excluding carboxylic acids is 2. The molecule has 16 heteroatoms. The van der Waals surface area contributed by atoms with Crippen LogP contribution in [0.15, 0.2) is 11.8 Å². The van der Waals surface area contributed by atoms with E-state index >= 15 is 0 Å². The Morgan fingerprint density at radius 1 is 0.826 bits per heavy atom. The SMILES string of the molecule is COC(=O)C1CC(C)C(OC2OC(C)C(O)C(O)C2O)C(OC2OC(CO)C(O)C(O/C(=C\C3CCCCC3)C(=O)OO)C2O)C1. The Balaban J connectivity index is 1.58. The number of methoxy groups -OCH3 is 1. The van der Waals surface area contributed by atoms with Crippen LogP contribution < -0.4 is 0 Å². The maximum absolute atomic E-state index is 12.6. The van der Waals surface area contributed by atoms with Crippen molar-refractivity contribution in [2.75, 3.05) is 13.7 Å². The molecule has 2 heterocycles. The lowest BCUT2D eigenvalue weighted by molar-refractivity contribution is -0.347. The van der Waals surface area contributed by atoms with Crippen LogP contribution >= 0.6 is 0 Å². The number of hydrogen-bond acceptors (Lipinski definition) is 16. The average molecular weight is 665 g/mol. The van der Waals surface area contributed by atoms with E-state index in [1.54, 1.807) is 6.92 Å². The molecule has 0 aromatic heterocycles. The molecule has 0 spiro atoms. The van der Waals surface area contributed by atoms with E-state index in [2.05, 4.69) is 4.89 Å². The number of carbonyl (C=O) groups is 2. The van der Waals surface area contributed by atoms with Crippen molar-refractivity contribution in [1.82, 2.24) is 0 Å². The van der Waals surface area contributed by atoms with Gasteiger partial charge in [0.15, 0.2) is 18.7 Å². The molecule has 4 aliphatic rings. The summed E-state index contributed by atoms with van der Waals surface area (Å²) in [6.45, 7) is 2.52. The van der Waals surface area contributed by atoms with Gasteiger partial charge < -0.3 is 59.1 Å². The van der Waals surface area contributed by atoms with Gasteiger partial charge in [-0.2, -0.15) is 5.26 Å². The predicted octanol–water partition coefficient (Wildman–Crippen LogP) is -0.892. The highest BCUT2D eigenvalue weighted by Crippen LogP contribution is 2.38. The topological polar surface area (TPSA) is 240 Å². The van der Waals surface area contributed by atoms with Crippen molar-refractivity contribution >= 4 is 11.9 Å². The number of ether oxygens (including phenoxy) is 6. The highest BCUT2D eigenvalue weighted by Gasteiger charge is 2.52. The van der Waals surface area contributed by atoms with Crippen LogP contribution in [0.5, 0.6) is 0 Å². The molecule has 46 heavy (non-hydrogen) atoms. The maximum atomic E-state index is 12.6. The molecule has 14 unspecified atom stereocenters. The Kier molecular flexibility index (Phi) is 13.2. The van der Waals surface area contributed by atoms with Gasteiger partial charge in [-0.25, -0.2) is 4.79 Å². The molecule has 14 atom stereocenters. The molecule has 0 bridgehead atoms. The summed E-state index contributed by atoms with van der Waals surface area (Å²) in [5.74, 6) is -3.37. The Labute approximate surface area is 266 Å². The number of hydrogen-bond donors (Lipinski definition) is 7. The first kappa shape index (κ1) is 36.9. The number of esters is 1. The molecule has 16 nitrogen and oxygen atoms in total. The second kappa shape index (κ2) is 16.4. The van der Waals surface area contributed by atoms with E-state index in [1.165, 1.54) is 20.1 Å². The van der Waals surface area contributed by atoms with Crippen LogP contribution in [0.4, 0.5) is 0 Å². The summed E-state index contributed by atoms with van der Waals surface area (Å²) in [4.78, 5) is 28.9. The summed E-state index contributed by atoms with van der Waals surface area (Å²) in [6, 6.07) is 0. The minimum atomic E-state index is -1.78. The van der Waals surface area contributed by atoms with E-state index in [0.717, 1.165) is 32.1 Å². The highest BCUT2D eigenvalue weighted by atomic mass is 17.1. The first-order valence-corrected chi connectivity index (χ1v) is 15.8. The number of rotatable bonds is 10. The van der Waals surface area contributed by atoms with E-state index in [9.17, 15) is 40.2 Å². The lowest BCUT2D eigenvalue weighted by atomic mass is 9.78.